The van der Waals surface area contributed by atoms with Crippen LogP contribution in [-0.4, -0.2) is 47.7 Å². The number of nitrogens with one attached hydrogen (secondary N) is 1. The molecule has 0 spiro atoms. The number of hydrogen-bond donors (Lipinski definition) is 1. The van der Waals surface area contributed by atoms with Gasteiger partial charge in [-0.3, -0.25) is 24.1 Å². The summed E-state index contributed by atoms with van der Waals surface area (Å²) in [6.45, 7) is 1.81. The van der Waals surface area contributed by atoms with Crippen molar-refractivity contribution in [3.8, 4) is 11.3 Å². The Morgan fingerprint density at radius 2 is 2.03 bits per heavy atom. The van der Waals surface area contributed by atoms with Crippen molar-refractivity contribution in [2.24, 2.45) is 12.0 Å². The number of carbonyl (C=O) groups excluding carboxylic acids is 1. The van der Waals surface area contributed by atoms with Gasteiger partial charge in [0.25, 0.3) is 5.91 Å². The summed E-state index contributed by atoms with van der Waals surface area (Å²) in [7, 11) is 1.80. The van der Waals surface area contributed by atoms with Crippen molar-refractivity contribution in [1.82, 2.24) is 34.8 Å². The zero-order valence-electron chi connectivity index (χ0n) is 16.1. The van der Waals surface area contributed by atoms with E-state index in [1.165, 1.54) is 12.8 Å². The number of nitrogens with zero attached hydrogens (tertiary/aromatic N) is 7. The highest BCUT2D eigenvalue weighted by Gasteiger charge is 2.34. The van der Waals surface area contributed by atoms with Crippen LogP contribution in [0.3, 0.4) is 0 Å². The summed E-state index contributed by atoms with van der Waals surface area (Å²) >= 11 is 0. The Bertz CT molecular complexity index is 1180. The molecule has 0 aromatic carbocycles. The maximum atomic E-state index is 12.7. The van der Waals surface area contributed by atoms with Crippen LogP contribution in [0, 0.1) is 0 Å². The van der Waals surface area contributed by atoms with Crippen molar-refractivity contribution in [1.29, 1.82) is 0 Å². The van der Waals surface area contributed by atoms with Gasteiger partial charge in [0, 0.05) is 44.0 Å². The Balaban J connectivity index is 1.54. The summed E-state index contributed by atoms with van der Waals surface area (Å²) in [6.07, 6.45) is 8.75. The van der Waals surface area contributed by atoms with E-state index < -0.39 is 0 Å². The van der Waals surface area contributed by atoms with Gasteiger partial charge in [0.2, 0.25) is 0 Å². The van der Waals surface area contributed by atoms with Gasteiger partial charge in [-0.15, -0.1) is 0 Å². The van der Waals surface area contributed by atoms with E-state index in [2.05, 4.69) is 21.6 Å². The standard InChI is InChI=1S/C20H20N8O/c1-27-9-12-14-7-22-15-8-23-17(19(15)24-14)13-10-28(26-16(13)11-3-4-11)6-2-5-21-20(29)18(12)25-27/h7,9-11H,2-6,8H2,1H3,(H,21,29). The van der Waals surface area contributed by atoms with Crippen LogP contribution in [0.25, 0.3) is 11.3 Å². The second-order valence-electron chi connectivity index (χ2n) is 7.86. The largest absolute Gasteiger partial charge is 0.351 e. The maximum absolute atomic E-state index is 12.7. The molecule has 9 heteroatoms. The zero-order chi connectivity index (χ0) is 19.5. The first-order chi connectivity index (χ1) is 14.2. The van der Waals surface area contributed by atoms with Crippen LogP contribution in [-0.2, 0) is 20.1 Å². The van der Waals surface area contributed by atoms with Crippen LogP contribution in [0.1, 0.15) is 58.3 Å². The molecular formula is C20H20N8O. The number of fused-ring (bicyclic) bond motifs is 6. The summed E-state index contributed by atoms with van der Waals surface area (Å²) < 4.78 is 3.62. The first kappa shape index (κ1) is 16.6. The summed E-state index contributed by atoms with van der Waals surface area (Å²) in [5.41, 5.74) is 6.39. The number of aryl methyl sites for hydroxylation is 2. The molecular weight excluding hydrogens is 368 g/mol. The van der Waals surface area contributed by atoms with E-state index in [4.69, 9.17) is 15.1 Å². The number of hydrogen-bond acceptors (Lipinski definition) is 6. The van der Waals surface area contributed by atoms with E-state index in [9.17, 15) is 4.79 Å². The van der Waals surface area contributed by atoms with Crippen LogP contribution in [0.15, 0.2) is 23.6 Å². The van der Waals surface area contributed by atoms with Gasteiger partial charge in [0.05, 0.1) is 41.1 Å². The van der Waals surface area contributed by atoms with E-state index in [0.29, 0.717) is 36.0 Å². The molecule has 1 amide bonds. The van der Waals surface area contributed by atoms with Crippen LogP contribution in [0.2, 0.25) is 0 Å². The minimum absolute atomic E-state index is 0.200. The highest BCUT2D eigenvalue weighted by Crippen LogP contribution is 2.42. The van der Waals surface area contributed by atoms with Crippen molar-refractivity contribution >= 4 is 11.6 Å². The molecule has 0 saturated heterocycles. The van der Waals surface area contributed by atoms with Gasteiger partial charge in [-0.1, -0.05) is 0 Å². The van der Waals surface area contributed by atoms with E-state index in [-0.39, 0.29) is 5.91 Å². The lowest BCUT2D eigenvalue weighted by Gasteiger charge is -2.08. The van der Waals surface area contributed by atoms with Gasteiger partial charge in [0.15, 0.2) is 5.69 Å². The fourth-order valence-corrected chi connectivity index (χ4v) is 4.05. The Labute approximate surface area is 166 Å². The lowest BCUT2D eigenvalue weighted by molar-refractivity contribution is 0.0947. The molecule has 6 rings (SSSR count). The van der Waals surface area contributed by atoms with Crippen molar-refractivity contribution < 1.29 is 4.79 Å². The van der Waals surface area contributed by atoms with E-state index in [1.54, 1.807) is 17.9 Å². The van der Waals surface area contributed by atoms with Crippen molar-refractivity contribution in [2.75, 3.05) is 6.54 Å². The fraction of sp³-hybridized carbons (Fsp3) is 0.400. The quantitative estimate of drug-likeness (QED) is 0.679. The SMILES string of the molecule is Cn1cc2c(n1)C(=O)NCCCn1cc(c(C3CC3)n1)C1=NCc3ncc-2nc31. The molecule has 1 N–H and O–H groups in total. The zero-order valence-corrected chi connectivity index (χ0v) is 16.1. The summed E-state index contributed by atoms with van der Waals surface area (Å²) in [5.74, 6) is 0.308. The molecule has 3 aliphatic rings. The monoisotopic (exact) mass is 388 g/mol. The van der Waals surface area contributed by atoms with Gasteiger partial charge in [0.1, 0.15) is 5.69 Å². The molecule has 5 heterocycles. The van der Waals surface area contributed by atoms with Gasteiger partial charge >= 0.3 is 0 Å². The van der Waals surface area contributed by atoms with Gasteiger partial charge < -0.3 is 5.32 Å². The number of carbonyl (C=O) groups is 1. The third-order valence-corrected chi connectivity index (χ3v) is 5.64. The van der Waals surface area contributed by atoms with Crippen LogP contribution in [0.4, 0.5) is 0 Å². The lowest BCUT2D eigenvalue weighted by Crippen LogP contribution is -2.26. The second kappa shape index (κ2) is 6.07. The topological polar surface area (TPSA) is 103 Å². The average Bonchev–Trinajstić information content (AvgIpc) is 3.16. The van der Waals surface area contributed by atoms with E-state index in [1.807, 2.05) is 10.9 Å². The molecule has 4 bridgehead atoms. The van der Waals surface area contributed by atoms with E-state index in [0.717, 1.165) is 41.3 Å². The Morgan fingerprint density at radius 3 is 2.90 bits per heavy atom. The lowest BCUT2D eigenvalue weighted by atomic mass is 10.0. The molecule has 1 fully saturated rings. The molecule has 146 valence electrons. The molecule has 1 saturated carbocycles. The van der Waals surface area contributed by atoms with Gasteiger partial charge in [-0.05, 0) is 19.3 Å². The maximum Gasteiger partial charge on any atom is 0.272 e. The van der Waals surface area contributed by atoms with Crippen molar-refractivity contribution in [2.45, 2.75) is 38.3 Å². The number of rotatable bonds is 1. The molecule has 0 atom stereocenters. The van der Waals surface area contributed by atoms with Crippen LogP contribution in [0.5, 0.6) is 0 Å². The molecule has 29 heavy (non-hydrogen) atoms. The summed E-state index contributed by atoms with van der Waals surface area (Å²) in [6, 6.07) is 0. The number of amides is 1. The molecule has 9 nitrogen and oxygen atoms in total. The molecule has 1 aliphatic carbocycles. The third-order valence-electron chi connectivity index (χ3n) is 5.64. The Morgan fingerprint density at radius 1 is 1.14 bits per heavy atom. The predicted molar refractivity (Wildman–Crippen MR) is 105 cm³/mol. The third kappa shape index (κ3) is 2.68. The predicted octanol–water partition coefficient (Wildman–Crippen LogP) is 1.44. The molecule has 3 aromatic heterocycles. The van der Waals surface area contributed by atoms with Crippen molar-refractivity contribution in [3.63, 3.8) is 0 Å². The van der Waals surface area contributed by atoms with Gasteiger partial charge in [-0.25, -0.2) is 4.98 Å². The van der Waals surface area contributed by atoms with Gasteiger partial charge in [-0.2, -0.15) is 10.2 Å². The van der Waals surface area contributed by atoms with E-state index >= 15 is 0 Å². The fourth-order valence-electron chi connectivity index (χ4n) is 4.05. The smallest absolute Gasteiger partial charge is 0.272 e. The molecule has 3 aromatic rings. The number of aromatic nitrogens is 6. The Hall–Kier alpha value is -3.36. The summed E-state index contributed by atoms with van der Waals surface area (Å²) in [5, 5.41) is 12.2. The van der Waals surface area contributed by atoms with Crippen LogP contribution >= 0.6 is 0 Å². The first-order valence-electron chi connectivity index (χ1n) is 9.98. The highest BCUT2D eigenvalue weighted by atomic mass is 16.1. The minimum Gasteiger partial charge on any atom is -0.351 e. The average molecular weight is 388 g/mol. The molecule has 0 unspecified atom stereocenters. The molecule has 2 aliphatic heterocycles. The summed E-state index contributed by atoms with van der Waals surface area (Å²) in [4.78, 5) is 27.0. The first-order valence-corrected chi connectivity index (χ1v) is 9.98. The Kier molecular flexibility index (Phi) is 3.47. The van der Waals surface area contributed by atoms with Crippen LogP contribution < -0.4 is 5.32 Å². The highest BCUT2D eigenvalue weighted by molar-refractivity contribution is 6.14. The normalized spacial score (nSPS) is 18.1. The number of aliphatic imine (C=N–C) groups is 1. The minimum atomic E-state index is -0.200. The second-order valence-corrected chi connectivity index (χ2v) is 7.86. The van der Waals surface area contributed by atoms with Crippen molar-refractivity contribution in [3.05, 3.63) is 46.9 Å². The molecule has 0 radical (unpaired) electrons.